The average Bonchev–Trinajstić information content (AvgIpc) is 2.81. The van der Waals surface area contributed by atoms with E-state index in [9.17, 15) is 13.2 Å². The van der Waals surface area contributed by atoms with E-state index < -0.39 is 22.5 Å². The topological polar surface area (TPSA) is 84.9 Å². The van der Waals surface area contributed by atoms with Crippen molar-refractivity contribution in [3.63, 3.8) is 0 Å². The molecule has 10 heteroatoms. The first-order chi connectivity index (χ1) is 15.8. The van der Waals surface area contributed by atoms with Gasteiger partial charge in [0.05, 0.1) is 29.3 Å². The molecule has 0 aliphatic carbocycles. The van der Waals surface area contributed by atoms with Crippen molar-refractivity contribution in [1.29, 1.82) is 0 Å². The number of nitrogens with one attached hydrogen (secondary N) is 1. The first-order valence-corrected chi connectivity index (χ1v) is 12.1. The summed E-state index contributed by atoms with van der Waals surface area (Å²) in [5, 5.41) is 3.12. The van der Waals surface area contributed by atoms with Crippen molar-refractivity contribution in [1.82, 2.24) is 5.32 Å². The highest BCUT2D eigenvalue weighted by atomic mass is 35.5. The van der Waals surface area contributed by atoms with Crippen molar-refractivity contribution in [2.24, 2.45) is 0 Å². The fraction of sp³-hybridized carbons (Fsp3) is 0.174. The number of carbonyl (C=O) groups is 1. The molecule has 0 aliphatic rings. The lowest BCUT2D eigenvalue weighted by Crippen LogP contribution is -2.42. The van der Waals surface area contributed by atoms with Gasteiger partial charge in [-0.25, -0.2) is 8.42 Å². The zero-order valence-corrected chi connectivity index (χ0v) is 20.0. The van der Waals surface area contributed by atoms with Crippen molar-refractivity contribution in [3.05, 3.63) is 82.8 Å². The zero-order chi connectivity index (χ0) is 23.8. The number of rotatable bonds is 10. The van der Waals surface area contributed by atoms with Gasteiger partial charge in [0.1, 0.15) is 24.7 Å². The predicted molar refractivity (Wildman–Crippen MR) is 129 cm³/mol. The quantitative estimate of drug-likeness (QED) is 0.410. The monoisotopic (exact) mass is 508 g/mol. The third-order valence-corrected chi connectivity index (χ3v) is 6.86. The van der Waals surface area contributed by atoms with E-state index in [1.165, 1.54) is 30.3 Å². The van der Waals surface area contributed by atoms with E-state index in [0.717, 1.165) is 4.31 Å². The minimum absolute atomic E-state index is 0.0339. The van der Waals surface area contributed by atoms with E-state index in [0.29, 0.717) is 16.5 Å². The van der Waals surface area contributed by atoms with Crippen LogP contribution in [0, 0.1) is 0 Å². The number of hydrogen-bond acceptors (Lipinski definition) is 5. The Kier molecular flexibility index (Phi) is 8.43. The molecule has 174 valence electrons. The van der Waals surface area contributed by atoms with Gasteiger partial charge in [0.25, 0.3) is 10.0 Å². The van der Waals surface area contributed by atoms with Gasteiger partial charge < -0.3 is 14.8 Å². The molecule has 0 fully saturated rings. The number of amides is 1. The molecule has 0 saturated heterocycles. The highest BCUT2D eigenvalue weighted by Crippen LogP contribution is 2.32. The molecule has 3 aromatic rings. The molecule has 0 radical (unpaired) electrons. The van der Waals surface area contributed by atoms with Crippen LogP contribution in [0.4, 0.5) is 5.69 Å². The van der Waals surface area contributed by atoms with Crippen LogP contribution in [0.2, 0.25) is 10.0 Å². The Morgan fingerprint density at radius 1 is 0.970 bits per heavy atom. The predicted octanol–water partition coefficient (Wildman–Crippen LogP) is 4.39. The Bertz CT molecular complexity index is 1190. The summed E-state index contributed by atoms with van der Waals surface area (Å²) in [5.41, 5.74) is 0.148. The van der Waals surface area contributed by atoms with Crippen LogP contribution in [0.15, 0.2) is 77.7 Å². The van der Waals surface area contributed by atoms with E-state index >= 15 is 0 Å². The summed E-state index contributed by atoms with van der Waals surface area (Å²) in [6, 6.07) is 19.2. The summed E-state index contributed by atoms with van der Waals surface area (Å²) >= 11 is 12.2. The smallest absolute Gasteiger partial charge is 0.264 e. The molecule has 1 amide bonds. The van der Waals surface area contributed by atoms with Gasteiger partial charge in [0.15, 0.2) is 0 Å². The lowest BCUT2D eigenvalue weighted by molar-refractivity contribution is -0.119. The summed E-state index contributed by atoms with van der Waals surface area (Å²) in [6.07, 6.45) is 0. The molecule has 3 aromatic carbocycles. The number of sulfonamides is 1. The van der Waals surface area contributed by atoms with Crippen molar-refractivity contribution in [3.8, 4) is 11.5 Å². The fourth-order valence-corrected chi connectivity index (χ4v) is 4.94. The van der Waals surface area contributed by atoms with Crippen LogP contribution in [-0.4, -0.2) is 41.1 Å². The number of methoxy groups -OCH3 is 1. The second-order valence-electron chi connectivity index (χ2n) is 6.79. The Morgan fingerprint density at radius 3 is 2.27 bits per heavy atom. The molecule has 3 rings (SSSR count). The van der Waals surface area contributed by atoms with Crippen LogP contribution in [0.25, 0.3) is 0 Å². The van der Waals surface area contributed by atoms with E-state index in [2.05, 4.69) is 5.32 Å². The molecule has 0 unspecified atom stereocenters. The molecule has 0 bridgehead atoms. The SMILES string of the molecule is COc1ccc(OCCNC(=O)CN(c2ccc(Cl)cc2Cl)S(=O)(=O)c2ccccc2)cc1. The van der Waals surface area contributed by atoms with Crippen LogP contribution in [0.1, 0.15) is 0 Å². The molecule has 33 heavy (non-hydrogen) atoms. The summed E-state index contributed by atoms with van der Waals surface area (Å²) < 4.78 is 38.2. The van der Waals surface area contributed by atoms with E-state index in [1.54, 1.807) is 49.6 Å². The van der Waals surface area contributed by atoms with Crippen LogP contribution in [0.3, 0.4) is 0 Å². The van der Waals surface area contributed by atoms with Crippen LogP contribution >= 0.6 is 23.2 Å². The molecule has 0 heterocycles. The molecule has 0 aliphatic heterocycles. The number of ether oxygens (including phenoxy) is 2. The zero-order valence-electron chi connectivity index (χ0n) is 17.7. The maximum atomic E-state index is 13.3. The Labute approximate surface area is 202 Å². The molecule has 0 saturated carbocycles. The molecule has 0 atom stereocenters. The summed E-state index contributed by atoms with van der Waals surface area (Å²) in [4.78, 5) is 12.7. The second kappa shape index (κ2) is 11.3. The van der Waals surface area contributed by atoms with Gasteiger partial charge in [0, 0.05) is 5.02 Å². The van der Waals surface area contributed by atoms with E-state index in [4.69, 9.17) is 32.7 Å². The third-order valence-electron chi connectivity index (χ3n) is 4.55. The summed E-state index contributed by atoms with van der Waals surface area (Å²) in [7, 11) is -2.49. The first kappa shape index (κ1) is 24.7. The summed E-state index contributed by atoms with van der Waals surface area (Å²) in [5.74, 6) is 0.807. The Balaban J connectivity index is 1.69. The third kappa shape index (κ3) is 6.54. The van der Waals surface area contributed by atoms with E-state index in [-0.39, 0.29) is 28.8 Å². The fourth-order valence-electron chi connectivity index (χ4n) is 2.92. The van der Waals surface area contributed by atoms with Gasteiger partial charge in [0.2, 0.25) is 5.91 Å². The van der Waals surface area contributed by atoms with Gasteiger partial charge in [-0.1, -0.05) is 41.4 Å². The lowest BCUT2D eigenvalue weighted by atomic mass is 10.3. The van der Waals surface area contributed by atoms with Crippen LogP contribution < -0.4 is 19.1 Å². The number of halogens is 2. The summed E-state index contributed by atoms with van der Waals surface area (Å²) in [6.45, 7) is -0.0925. The van der Waals surface area contributed by atoms with Crippen LogP contribution in [-0.2, 0) is 14.8 Å². The van der Waals surface area contributed by atoms with Crippen LogP contribution in [0.5, 0.6) is 11.5 Å². The van der Waals surface area contributed by atoms with Crippen molar-refractivity contribution < 1.29 is 22.7 Å². The minimum Gasteiger partial charge on any atom is -0.497 e. The minimum atomic E-state index is -4.06. The number of hydrogen-bond donors (Lipinski definition) is 1. The lowest BCUT2D eigenvalue weighted by Gasteiger charge is -2.25. The molecule has 7 nitrogen and oxygen atoms in total. The molecule has 0 spiro atoms. The van der Waals surface area contributed by atoms with Gasteiger partial charge in [-0.3, -0.25) is 9.10 Å². The number of carbonyl (C=O) groups excluding carboxylic acids is 1. The number of anilines is 1. The second-order valence-corrected chi connectivity index (χ2v) is 9.50. The molecule has 0 aromatic heterocycles. The maximum absolute atomic E-state index is 13.3. The average molecular weight is 509 g/mol. The number of nitrogens with zero attached hydrogens (tertiary/aromatic N) is 1. The largest absolute Gasteiger partial charge is 0.497 e. The standard InChI is InChI=1S/C23H22Cl2N2O5S/c1-31-18-8-10-19(11-9-18)32-14-13-26-23(28)16-27(22-12-7-17(24)15-21(22)25)33(29,30)20-5-3-2-4-6-20/h2-12,15H,13-14,16H2,1H3,(H,26,28). The normalized spacial score (nSPS) is 11.0. The highest BCUT2D eigenvalue weighted by Gasteiger charge is 2.28. The highest BCUT2D eigenvalue weighted by molar-refractivity contribution is 7.92. The Hall–Kier alpha value is -2.94. The molecular formula is C23H22Cl2N2O5S. The first-order valence-electron chi connectivity index (χ1n) is 9.87. The van der Waals surface area contributed by atoms with Gasteiger partial charge in [-0.15, -0.1) is 0 Å². The van der Waals surface area contributed by atoms with E-state index in [1.807, 2.05) is 0 Å². The maximum Gasteiger partial charge on any atom is 0.264 e. The van der Waals surface area contributed by atoms with Crippen molar-refractivity contribution in [2.45, 2.75) is 4.90 Å². The van der Waals surface area contributed by atoms with Gasteiger partial charge in [-0.05, 0) is 54.6 Å². The van der Waals surface area contributed by atoms with Gasteiger partial charge >= 0.3 is 0 Å². The number of benzene rings is 3. The molecular weight excluding hydrogens is 487 g/mol. The Morgan fingerprint density at radius 2 is 1.64 bits per heavy atom. The van der Waals surface area contributed by atoms with Crippen molar-refractivity contribution >= 4 is 44.8 Å². The van der Waals surface area contributed by atoms with Crippen molar-refractivity contribution in [2.75, 3.05) is 31.1 Å². The molecule has 1 N–H and O–H groups in total. The van der Waals surface area contributed by atoms with Gasteiger partial charge in [-0.2, -0.15) is 0 Å².